The molecule has 4 rings (SSSR count). The smallest absolute Gasteiger partial charge is 0.173 e. The number of fused-ring (bicyclic) bond motifs is 1. The Labute approximate surface area is 141 Å². The number of piperidine rings is 1. The molecule has 1 aliphatic rings. The number of nitrogens with two attached hydrogens (primary N) is 1. The molecule has 4 nitrogen and oxygen atoms in total. The first-order valence-corrected chi connectivity index (χ1v) is 9.35. The van der Waals surface area contributed by atoms with Crippen molar-refractivity contribution in [2.24, 2.45) is 0 Å². The fourth-order valence-electron chi connectivity index (χ4n) is 2.87. The molecule has 2 N–H and O–H groups in total. The number of likely N-dealkylation sites (tertiary alicyclic amines) is 1. The number of anilines is 1. The lowest BCUT2D eigenvalue weighted by molar-refractivity contribution is 0.146. The van der Waals surface area contributed by atoms with Crippen LogP contribution in [0.5, 0.6) is 0 Å². The van der Waals surface area contributed by atoms with Crippen LogP contribution in [0.2, 0.25) is 0 Å². The third-order valence-electron chi connectivity index (χ3n) is 4.11. The molecule has 23 heavy (non-hydrogen) atoms. The molecule has 4 heterocycles. The maximum atomic E-state index is 13.2. The molecule has 1 aliphatic heterocycles. The van der Waals surface area contributed by atoms with Crippen molar-refractivity contribution in [3.05, 3.63) is 28.5 Å². The molecule has 3 aromatic rings. The first kappa shape index (κ1) is 15.0. The van der Waals surface area contributed by atoms with Crippen LogP contribution >= 0.6 is 22.7 Å². The standard InChI is InChI=1S/C16H17FN4S2/c17-10-3-5-21(6-4-10)9-11-8-12-14(18)19-15(20-16(12)23-11)13-2-1-7-22-13/h1-2,7-8,10H,3-6,9H2,(H2,18,19,20). The summed E-state index contributed by atoms with van der Waals surface area (Å²) in [5.74, 6) is 1.22. The summed E-state index contributed by atoms with van der Waals surface area (Å²) in [5.41, 5.74) is 6.12. The molecule has 7 heteroatoms. The molecule has 0 spiro atoms. The zero-order valence-electron chi connectivity index (χ0n) is 12.5. The highest BCUT2D eigenvalue weighted by Crippen LogP contribution is 2.32. The lowest BCUT2D eigenvalue weighted by atomic mass is 10.1. The summed E-state index contributed by atoms with van der Waals surface area (Å²) in [7, 11) is 0. The van der Waals surface area contributed by atoms with E-state index in [-0.39, 0.29) is 0 Å². The Morgan fingerprint density at radius 3 is 2.87 bits per heavy atom. The maximum absolute atomic E-state index is 13.2. The van der Waals surface area contributed by atoms with E-state index in [0.717, 1.165) is 34.7 Å². The van der Waals surface area contributed by atoms with E-state index < -0.39 is 6.17 Å². The molecule has 0 unspecified atom stereocenters. The second-order valence-electron chi connectivity index (χ2n) is 5.79. The first-order valence-electron chi connectivity index (χ1n) is 7.65. The summed E-state index contributed by atoms with van der Waals surface area (Å²) in [4.78, 5) is 14.6. The van der Waals surface area contributed by atoms with Crippen LogP contribution in [0.4, 0.5) is 10.2 Å². The quantitative estimate of drug-likeness (QED) is 0.779. The van der Waals surface area contributed by atoms with E-state index in [4.69, 9.17) is 5.73 Å². The van der Waals surface area contributed by atoms with E-state index in [1.807, 2.05) is 17.5 Å². The molecule has 0 radical (unpaired) electrons. The highest BCUT2D eigenvalue weighted by Gasteiger charge is 2.19. The predicted octanol–water partition coefficient (Wildman–Crippen LogP) is 3.94. The van der Waals surface area contributed by atoms with Crippen LogP contribution in [-0.2, 0) is 6.54 Å². The number of halogens is 1. The summed E-state index contributed by atoms with van der Waals surface area (Å²) in [6, 6.07) is 6.06. The SMILES string of the molecule is Nc1nc(-c2cccs2)nc2sc(CN3CCC(F)CC3)cc12. The molecule has 0 amide bonds. The van der Waals surface area contributed by atoms with Crippen LogP contribution < -0.4 is 5.73 Å². The highest BCUT2D eigenvalue weighted by atomic mass is 32.1. The summed E-state index contributed by atoms with van der Waals surface area (Å²) < 4.78 is 13.2. The summed E-state index contributed by atoms with van der Waals surface area (Å²) in [6.45, 7) is 2.47. The third kappa shape index (κ3) is 3.08. The second-order valence-corrected chi connectivity index (χ2v) is 7.85. The van der Waals surface area contributed by atoms with Gasteiger partial charge in [-0.1, -0.05) is 6.07 Å². The minimum Gasteiger partial charge on any atom is -0.383 e. The van der Waals surface area contributed by atoms with Gasteiger partial charge in [-0.3, -0.25) is 4.90 Å². The Morgan fingerprint density at radius 2 is 2.13 bits per heavy atom. The Balaban J connectivity index is 1.61. The monoisotopic (exact) mass is 348 g/mol. The maximum Gasteiger partial charge on any atom is 0.173 e. The zero-order chi connectivity index (χ0) is 15.8. The average Bonchev–Trinajstić information content (AvgIpc) is 3.19. The van der Waals surface area contributed by atoms with E-state index in [9.17, 15) is 4.39 Å². The van der Waals surface area contributed by atoms with E-state index in [1.165, 1.54) is 4.88 Å². The number of rotatable bonds is 3. The van der Waals surface area contributed by atoms with Gasteiger partial charge in [-0.05, 0) is 30.4 Å². The van der Waals surface area contributed by atoms with Crippen molar-refractivity contribution in [1.29, 1.82) is 0 Å². The Morgan fingerprint density at radius 1 is 1.30 bits per heavy atom. The van der Waals surface area contributed by atoms with E-state index in [2.05, 4.69) is 20.9 Å². The van der Waals surface area contributed by atoms with Gasteiger partial charge in [0.15, 0.2) is 5.82 Å². The van der Waals surface area contributed by atoms with E-state index in [0.29, 0.717) is 24.5 Å². The van der Waals surface area contributed by atoms with Crippen molar-refractivity contribution in [3.63, 3.8) is 0 Å². The first-order chi connectivity index (χ1) is 11.2. The molecule has 0 aliphatic carbocycles. The molecule has 120 valence electrons. The average molecular weight is 348 g/mol. The van der Waals surface area contributed by atoms with Gasteiger partial charge in [-0.25, -0.2) is 14.4 Å². The van der Waals surface area contributed by atoms with Crippen LogP contribution in [0.15, 0.2) is 23.6 Å². The minimum absolute atomic E-state index is 0.531. The third-order valence-corrected chi connectivity index (χ3v) is 5.99. The largest absolute Gasteiger partial charge is 0.383 e. The van der Waals surface area contributed by atoms with Crippen LogP contribution in [-0.4, -0.2) is 34.1 Å². The van der Waals surface area contributed by atoms with Gasteiger partial charge < -0.3 is 5.73 Å². The number of hydrogen-bond acceptors (Lipinski definition) is 6. The number of thiophene rings is 2. The van der Waals surface area contributed by atoms with Crippen molar-refractivity contribution < 1.29 is 4.39 Å². The molecule has 0 saturated carbocycles. The molecule has 1 saturated heterocycles. The molecule has 0 atom stereocenters. The van der Waals surface area contributed by atoms with E-state index >= 15 is 0 Å². The molecule has 1 fully saturated rings. The van der Waals surface area contributed by atoms with Crippen molar-refractivity contribution in [3.8, 4) is 10.7 Å². The minimum atomic E-state index is -0.636. The van der Waals surface area contributed by atoms with Crippen molar-refractivity contribution in [2.75, 3.05) is 18.8 Å². The van der Waals surface area contributed by atoms with Gasteiger partial charge in [0.2, 0.25) is 0 Å². The summed E-state index contributed by atoms with van der Waals surface area (Å²) in [5, 5.41) is 2.93. The van der Waals surface area contributed by atoms with Gasteiger partial charge in [0.25, 0.3) is 0 Å². The topological polar surface area (TPSA) is 55.0 Å². The van der Waals surface area contributed by atoms with Gasteiger partial charge in [0, 0.05) is 24.5 Å². The van der Waals surface area contributed by atoms with Gasteiger partial charge in [-0.15, -0.1) is 22.7 Å². The zero-order valence-corrected chi connectivity index (χ0v) is 14.2. The van der Waals surface area contributed by atoms with Crippen molar-refractivity contribution >= 4 is 38.7 Å². The fourth-order valence-corrected chi connectivity index (χ4v) is 4.60. The summed E-state index contributed by atoms with van der Waals surface area (Å²) in [6.07, 6.45) is 0.633. The highest BCUT2D eigenvalue weighted by molar-refractivity contribution is 7.18. The van der Waals surface area contributed by atoms with Crippen LogP contribution in [0, 0.1) is 0 Å². The number of alkyl halides is 1. The number of hydrogen-bond donors (Lipinski definition) is 1. The van der Waals surface area contributed by atoms with Gasteiger partial charge in [-0.2, -0.15) is 0 Å². The number of aromatic nitrogens is 2. The normalized spacial score (nSPS) is 17.1. The molecule has 0 aromatic carbocycles. The second kappa shape index (κ2) is 6.14. The fraction of sp³-hybridized carbons (Fsp3) is 0.375. The summed E-state index contributed by atoms with van der Waals surface area (Å²) >= 11 is 3.26. The van der Waals surface area contributed by atoms with Gasteiger partial charge in [0.05, 0.1) is 10.3 Å². The van der Waals surface area contributed by atoms with Crippen molar-refractivity contribution in [1.82, 2.24) is 14.9 Å². The van der Waals surface area contributed by atoms with Crippen LogP contribution in [0.1, 0.15) is 17.7 Å². The lowest BCUT2D eigenvalue weighted by Gasteiger charge is -2.27. The van der Waals surface area contributed by atoms with E-state index in [1.54, 1.807) is 22.7 Å². The van der Waals surface area contributed by atoms with Crippen LogP contribution in [0.25, 0.3) is 20.9 Å². The molecular formula is C16H17FN4S2. The van der Waals surface area contributed by atoms with Gasteiger partial charge in [0.1, 0.15) is 16.8 Å². The molecule has 3 aromatic heterocycles. The van der Waals surface area contributed by atoms with Crippen LogP contribution in [0.3, 0.4) is 0 Å². The number of nitrogens with zero attached hydrogens (tertiary/aromatic N) is 3. The van der Waals surface area contributed by atoms with Gasteiger partial charge >= 0.3 is 0 Å². The lowest BCUT2D eigenvalue weighted by Crippen LogP contribution is -2.33. The molecular weight excluding hydrogens is 331 g/mol. The molecule has 0 bridgehead atoms. The predicted molar refractivity (Wildman–Crippen MR) is 94.5 cm³/mol. The number of nitrogen functional groups attached to an aromatic ring is 1. The van der Waals surface area contributed by atoms with Crippen molar-refractivity contribution in [2.45, 2.75) is 25.6 Å². The Bertz CT molecular complexity index is 807. The Kier molecular flexibility index (Phi) is 4.00. The Hall–Kier alpha value is -1.57.